The number of carbonyl (C=O) groups excluding carboxylic acids is 2. The fraction of sp³-hybridized carbons (Fsp3) is 0.182. The first kappa shape index (κ1) is 20.0. The van der Waals surface area contributed by atoms with Crippen LogP contribution in [-0.4, -0.2) is 35.5 Å². The number of hydrogen-bond donors (Lipinski definition) is 1. The van der Waals surface area contributed by atoms with Gasteiger partial charge < -0.3 is 15.0 Å². The lowest BCUT2D eigenvalue weighted by Gasteiger charge is -2.21. The van der Waals surface area contributed by atoms with Crippen LogP contribution in [0, 0.1) is 0 Å². The van der Waals surface area contributed by atoms with E-state index in [1.165, 1.54) is 13.3 Å². The summed E-state index contributed by atoms with van der Waals surface area (Å²) in [7, 11) is 1.29. The van der Waals surface area contributed by atoms with Crippen molar-refractivity contribution in [1.29, 1.82) is 0 Å². The third-order valence-corrected chi connectivity index (χ3v) is 4.37. The molecular formula is C22H22N4O3. The summed E-state index contributed by atoms with van der Waals surface area (Å²) in [5.41, 5.74) is 1.95. The molecule has 1 heterocycles. The van der Waals surface area contributed by atoms with E-state index >= 15 is 0 Å². The van der Waals surface area contributed by atoms with Gasteiger partial charge in [0, 0.05) is 13.1 Å². The van der Waals surface area contributed by atoms with Crippen LogP contribution in [0.5, 0.6) is 0 Å². The van der Waals surface area contributed by atoms with E-state index in [0.29, 0.717) is 18.1 Å². The molecule has 1 aromatic heterocycles. The van der Waals surface area contributed by atoms with E-state index in [1.807, 2.05) is 25.1 Å². The van der Waals surface area contributed by atoms with Gasteiger partial charge in [-0.1, -0.05) is 42.5 Å². The molecule has 0 aliphatic heterocycles. The SMILES string of the molecule is CCN(Cc1ccccc1)c1cnc(C(=O)Nc2ccccc2C(=O)OC)cn1. The van der Waals surface area contributed by atoms with Crippen LogP contribution >= 0.6 is 0 Å². The molecular weight excluding hydrogens is 368 g/mol. The lowest BCUT2D eigenvalue weighted by molar-refractivity contribution is 0.0602. The Balaban J connectivity index is 1.73. The fourth-order valence-electron chi connectivity index (χ4n) is 2.83. The quantitative estimate of drug-likeness (QED) is 0.621. The lowest BCUT2D eigenvalue weighted by atomic mass is 10.1. The van der Waals surface area contributed by atoms with Gasteiger partial charge in [-0.15, -0.1) is 0 Å². The Hall–Kier alpha value is -3.74. The normalized spacial score (nSPS) is 10.3. The van der Waals surface area contributed by atoms with Crippen molar-refractivity contribution >= 4 is 23.4 Å². The number of amides is 1. The number of nitrogens with one attached hydrogen (secondary N) is 1. The van der Waals surface area contributed by atoms with Gasteiger partial charge >= 0.3 is 5.97 Å². The fourth-order valence-corrected chi connectivity index (χ4v) is 2.83. The summed E-state index contributed by atoms with van der Waals surface area (Å²) < 4.78 is 4.74. The van der Waals surface area contributed by atoms with Gasteiger partial charge in [0.2, 0.25) is 0 Å². The molecule has 148 valence electrons. The summed E-state index contributed by atoms with van der Waals surface area (Å²) in [4.78, 5) is 35.1. The van der Waals surface area contributed by atoms with Gasteiger partial charge in [0.15, 0.2) is 0 Å². The second kappa shape index (κ2) is 9.45. The second-order valence-corrected chi connectivity index (χ2v) is 6.25. The van der Waals surface area contributed by atoms with Crippen LogP contribution in [-0.2, 0) is 11.3 Å². The van der Waals surface area contributed by atoms with Gasteiger partial charge in [-0.3, -0.25) is 4.79 Å². The first-order chi connectivity index (χ1) is 14.1. The molecule has 1 N–H and O–H groups in total. The number of hydrogen-bond acceptors (Lipinski definition) is 6. The highest BCUT2D eigenvalue weighted by molar-refractivity contribution is 6.06. The first-order valence-electron chi connectivity index (χ1n) is 9.22. The van der Waals surface area contributed by atoms with E-state index in [0.717, 1.165) is 12.1 Å². The molecule has 0 unspecified atom stereocenters. The van der Waals surface area contributed by atoms with Gasteiger partial charge in [-0.2, -0.15) is 0 Å². The van der Waals surface area contributed by atoms with E-state index in [4.69, 9.17) is 4.74 Å². The predicted octanol–water partition coefficient (Wildman–Crippen LogP) is 3.54. The molecule has 0 saturated carbocycles. The average Bonchev–Trinajstić information content (AvgIpc) is 2.78. The maximum Gasteiger partial charge on any atom is 0.339 e. The molecule has 0 bridgehead atoms. The smallest absolute Gasteiger partial charge is 0.339 e. The Labute approximate surface area is 169 Å². The van der Waals surface area contributed by atoms with Crippen molar-refractivity contribution in [2.75, 3.05) is 23.9 Å². The van der Waals surface area contributed by atoms with Gasteiger partial charge in [0.1, 0.15) is 11.5 Å². The molecule has 7 nitrogen and oxygen atoms in total. The molecule has 1 amide bonds. The molecule has 29 heavy (non-hydrogen) atoms. The van der Waals surface area contributed by atoms with Crippen molar-refractivity contribution in [3.8, 4) is 0 Å². The van der Waals surface area contributed by atoms with Crippen LogP contribution in [0.3, 0.4) is 0 Å². The highest BCUT2D eigenvalue weighted by Gasteiger charge is 2.16. The summed E-state index contributed by atoms with van der Waals surface area (Å²) in [6, 6.07) is 16.7. The number of anilines is 2. The molecule has 0 fully saturated rings. The number of nitrogens with zero attached hydrogens (tertiary/aromatic N) is 3. The lowest BCUT2D eigenvalue weighted by Crippen LogP contribution is -2.24. The van der Waals surface area contributed by atoms with Crippen LogP contribution in [0.2, 0.25) is 0 Å². The highest BCUT2D eigenvalue weighted by Crippen LogP contribution is 2.18. The van der Waals surface area contributed by atoms with Crippen molar-refractivity contribution in [3.63, 3.8) is 0 Å². The number of carbonyl (C=O) groups is 2. The van der Waals surface area contributed by atoms with E-state index in [9.17, 15) is 9.59 Å². The molecule has 7 heteroatoms. The van der Waals surface area contributed by atoms with Crippen LogP contribution in [0.4, 0.5) is 11.5 Å². The first-order valence-corrected chi connectivity index (χ1v) is 9.22. The third-order valence-electron chi connectivity index (χ3n) is 4.37. The Morgan fingerprint density at radius 2 is 1.72 bits per heavy atom. The van der Waals surface area contributed by atoms with Gasteiger partial charge in [0.25, 0.3) is 5.91 Å². The molecule has 2 aromatic carbocycles. The number of aromatic nitrogens is 2. The van der Waals surface area contributed by atoms with E-state index < -0.39 is 11.9 Å². The number of benzene rings is 2. The van der Waals surface area contributed by atoms with Crippen LogP contribution < -0.4 is 10.2 Å². The monoisotopic (exact) mass is 390 g/mol. The molecule has 0 saturated heterocycles. The molecule has 0 radical (unpaired) electrons. The topological polar surface area (TPSA) is 84.4 Å². The Morgan fingerprint density at radius 1 is 1.00 bits per heavy atom. The van der Waals surface area contributed by atoms with E-state index in [2.05, 4.69) is 32.3 Å². The summed E-state index contributed by atoms with van der Waals surface area (Å²) in [5.74, 6) is -0.295. The van der Waals surface area contributed by atoms with Crippen LogP contribution in [0.25, 0.3) is 0 Å². The Morgan fingerprint density at radius 3 is 2.38 bits per heavy atom. The van der Waals surface area contributed by atoms with Gasteiger partial charge in [0.05, 0.1) is 30.8 Å². The van der Waals surface area contributed by atoms with Crippen molar-refractivity contribution in [2.45, 2.75) is 13.5 Å². The number of rotatable bonds is 7. The maximum atomic E-state index is 12.5. The van der Waals surface area contributed by atoms with Crippen molar-refractivity contribution in [3.05, 3.63) is 83.8 Å². The Kier molecular flexibility index (Phi) is 6.52. The average molecular weight is 390 g/mol. The predicted molar refractivity (Wildman–Crippen MR) is 111 cm³/mol. The minimum Gasteiger partial charge on any atom is -0.465 e. The zero-order chi connectivity index (χ0) is 20.6. The van der Waals surface area contributed by atoms with Crippen molar-refractivity contribution in [1.82, 2.24) is 9.97 Å². The maximum absolute atomic E-state index is 12.5. The largest absolute Gasteiger partial charge is 0.465 e. The summed E-state index contributed by atoms with van der Waals surface area (Å²) in [6.45, 7) is 3.49. The van der Waals surface area contributed by atoms with Gasteiger partial charge in [-0.25, -0.2) is 14.8 Å². The minimum atomic E-state index is -0.526. The third kappa shape index (κ3) is 4.95. The molecule has 0 atom stereocenters. The van der Waals surface area contributed by atoms with E-state index in [1.54, 1.807) is 30.5 Å². The van der Waals surface area contributed by atoms with E-state index in [-0.39, 0.29) is 11.3 Å². The van der Waals surface area contributed by atoms with Crippen molar-refractivity contribution in [2.24, 2.45) is 0 Å². The molecule has 3 aromatic rings. The highest BCUT2D eigenvalue weighted by atomic mass is 16.5. The molecule has 0 spiro atoms. The molecule has 0 aliphatic carbocycles. The summed E-state index contributed by atoms with van der Waals surface area (Å²) in [5, 5.41) is 2.69. The number of esters is 1. The zero-order valence-corrected chi connectivity index (χ0v) is 16.3. The summed E-state index contributed by atoms with van der Waals surface area (Å²) >= 11 is 0. The second-order valence-electron chi connectivity index (χ2n) is 6.25. The Bertz CT molecular complexity index is 975. The number of para-hydroxylation sites is 1. The standard InChI is InChI=1S/C22H22N4O3/c1-3-26(15-16-9-5-4-6-10-16)20-14-23-19(13-24-20)21(27)25-18-12-8-7-11-17(18)22(28)29-2/h4-14H,3,15H2,1-2H3,(H,25,27). The van der Waals surface area contributed by atoms with Crippen LogP contribution in [0.1, 0.15) is 33.3 Å². The minimum absolute atomic E-state index is 0.157. The molecule has 0 aliphatic rings. The van der Waals surface area contributed by atoms with Crippen LogP contribution in [0.15, 0.2) is 67.0 Å². The van der Waals surface area contributed by atoms with Crippen molar-refractivity contribution < 1.29 is 14.3 Å². The summed E-state index contributed by atoms with van der Waals surface area (Å²) in [6.07, 6.45) is 3.01. The zero-order valence-electron chi connectivity index (χ0n) is 16.3. The van der Waals surface area contributed by atoms with Gasteiger partial charge in [-0.05, 0) is 24.6 Å². The number of methoxy groups -OCH3 is 1. The molecule has 3 rings (SSSR count). The number of ether oxygens (including phenoxy) is 1.